The number of nitrogens with one attached hydrogen (secondary N) is 2. The van der Waals surface area contributed by atoms with Gasteiger partial charge in [-0.15, -0.1) is 12.4 Å². The number of likely N-dealkylation sites (N-methyl/N-ethyl adjacent to an activating group) is 1. The van der Waals surface area contributed by atoms with Crippen LogP contribution in [0.2, 0.25) is 0 Å². The van der Waals surface area contributed by atoms with Crippen molar-refractivity contribution in [2.75, 3.05) is 26.3 Å². The molecule has 1 fully saturated rings. The van der Waals surface area contributed by atoms with Crippen molar-refractivity contribution >= 4 is 18.3 Å². The van der Waals surface area contributed by atoms with E-state index in [-0.39, 0.29) is 24.2 Å². The van der Waals surface area contributed by atoms with Crippen LogP contribution in [-0.4, -0.2) is 38.3 Å². The molecule has 1 aliphatic heterocycles. The summed E-state index contributed by atoms with van der Waals surface area (Å²) in [6.07, 6.45) is 1.73. The lowest BCUT2D eigenvalue weighted by molar-refractivity contribution is -0.127. The molecule has 1 rings (SSSR count). The van der Waals surface area contributed by atoms with Crippen molar-refractivity contribution in [1.29, 1.82) is 0 Å². The number of carbonyl (C=O) groups is 1. The molecule has 4 nitrogen and oxygen atoms in total. The summed E-state index contributed by atoms with van der Waals surface area (Å²) < 4.78 is 5.22. The van der Waals surface area contributed by atoms with Crippen LogP contribution in [0.5, 0.6) is 0 Å². The summed E-state index contributed by atoms with van der Waals surface area (Å²) in [5.41, 5.74) is 0. The van der Waals surface area contributed by atoms with Crippen LogP contribution in [0.1, 0.15) is 26.7 Å². The van der Waals surface area contributed by atoms with Crippen molar-refractivity contribution in [3.8, 4) is 0 Å². The molecule has 0 spiro atoms. The Bertz CT molecular complexity index is 196. The molecule has 0 unspecified atom stereocenters. The van der Waals surface area contributed by atoms with Gasteiger partial charge in [0.15, 0.2) is 0 Å². The summed E-state index contributed by atoms with van der Waals surface area (Å²) in [6, 6.07) is 0.346. The lowest BCUT2D eigenvalue weighted by atomic mass is 9.99. The standard InChI is InChI=1S/C11H22N2O2.ClH/c1-3-12-9(2)8-13-11(14)10-4-6-15-7-5-10;/h9-10,12H,3-8H2,1-2H3,(H,13,14);1H/t9-;/m1./s1. The smallest absolute Gasteiger partial charge is 0.223 e. The van der Waals surface area contributed by atoms with Gasteiger partial charge in [-0.2, -0.15) is 0 Å². The predicted molar refractivity (Wildman–Crippen MR) is 66.9 cm³/mol. The number of halogens is 1. The first-order valence-corrected chi connectivity index (χ1v) is 5.83. The highest BCUT2D eigenvalue weighted by molar-refractivity contribution is 5.85. The van der Waals surface area contributed by atoms with Gasteiger partial charge < -0.3 is 15.4 Å². The second kappa shape index (κ2) is 8.79. The lowest BCUT2D eigenvalue weighted by Gasteiger charge is -2.22. The maximum absolute atomic E-state index is 11.7. The molecule has 96 valence electrons. The van der Waals surface area contributed by atoms with E-state index in [2.05, 4.69) is 24.5 Å². The van der Waals surface area contributed by atoms with Gasteiger partial charge in [-0.3, -0.25) is 4.79 Å². The molecule has 2 N–H and O–H groups in total. The molecule has 0 aromatic carbocycles. The Morgan fingerprint density at radius 2 is 2.06 bits per heavy atom. The van der Waals surface area contributed by atoms with E-state index in [1.165, 1.54) is 0 Å². The minimum Gasteiger partial charge on any atom is -0.381 e. The third-order valence-corrected chi connectivity index (χ3v) is 2.73. The molecule has 1 saturated heterocycles. The molecule has 1 amide bonds. The van der Waals surface area contributed by atoms with E-state index >= 15 is 0 Å². The number of hydrogen-bond acceptors (Lipinski definition) is 3. The van der Waals surface area contributed by atoms with E-state index in [1.807, 2.05) is 0 Å². The Hall–Kier alpha value is -0.320. The SMILES string of the molecule is CCN[C@H](C)CNC(=O)C1CCOCC1.Cl. The van der Waals surface area contributed by atoms with Gasteiger partial charge in [0.05, 0.1) is 0 Å². The van der Waals surface area contributed by atoms with E-state index in [1.54, 1.807) is 0 Å². The topological polar surface area (TPSA) is 50.4 Å². The largest absolute Gasteiger partial charge is 0.381 e. The molecular formula is C11H23ClN2O2. The minimum atomic E-state index is 0. The van der Waals surface area contributed by atoms with E-state index in [0.29, 0.717) is 12.6 Å². The number of amides is 1. The molecule has 0 bridgehead atoms. The van der Waals surface area contributed by atoms with Gasteiger partial charge in [0.1, 0.15) is 0 Å². The van der Waals surface area contributed by atoms with Crippen LogP contribution in [0.25, 0.3) is 0 Å². The zero-order chi connectivity index (χ0) is 11.1. The van der Waals surface area contributed by atoms with Gasteiger partial charge >= 0.3 is 0 Å². The molecule has 1 atom stereocenters. The van der Waals surface area contributed by atoms with Crippen LogP contribution in [0.15, 0.2) is 0 Å². The van der Waals surface area contributed by atoms with E-state index in [4.69, 9.17) is 4.74 Å². The summed E-state index contributed by atoms with van der Waals surface area (Å²) in [5, 5.41) is 6.24. The second-order valence-corrected chi connectivity index (χ2v) is 4.09. The predicted octanol–water partition coefficient (Wildman–Crippen LogP) is 0.949. The fourth-order valence-electron chi connectivity index (χ4n) is 1.78. The first kappa shape index (κ1) is 15.7. The molecule has 0 radical (unpaired) electrons. The van der Waals surface area contributed by atoms with Gasteiger partial charge in [0.25, 0.3) is 0 Å². The first-order chi connectivity index (χ1) is 7.24. The third-order valence-electron chi connectivity index (χ3n) is 2.73. The van der Waals surface area contributed by atoms with Gasteiger partial charge in [0, 0.05) is 31.7 Å². The van der Waals surface area contributed by atoms with Crippen molar-refractivity contribution in [3.05, 3.63) is 0 Å². The van der Waals surface area contributed by atoms with Crippen molar-refractivity contribution in [2.24, 2.45) is 5.92 Å². The molecule has 0 saturated carbocycles. The van der Waals surface area contributed by atoms with Crippen molar-refractivity contribution in [3.63, 3.8) is 0 Å². The second-order valence-electron chi connectivity index (χ2n) is 4.09. The fourth-order valence-corrected chi connectivity index (χ4v) is 1.78. The monoisotopic (exact) mass is 250 g/mol. The van der Waals surface area contributed by atoms with Gasteiger partial charge in [0.2, 0.25) is 5.91 Å². The minimum absolute atomic E-state index is 0. The van der Waals surface area contributed by atoms with Crippen LogP contribution in [0.4, 0.5) is 0 Å². The molecular weight excluding hydrogens is 228 g/mol. The van der Waals surface area contributed by atoms with E-state index in [9.17, 15) is 4.79 Å². The third kappa shape index (κ3) is 5.68. The highest BCUT2D eigenvalue weighted by Gasteiger charge is 2.21. The normalized spacial score (nSPS) is 18.6. The molecule has 16 heavy (non-hydrogen) atoms. The number of hydrogen-bond donors (Lipinski definition) is 2. The Morgan fingerprint density at radius 1 is 1.44 bits per heavy atom. The zero-order valence-electron chi connectivity index (χ0n) is 10.1. The quantitative estimate of drug-likeness (QED) is 0.764. The van der Waals surface area contributed by atoms with Crippen LogP contribution >= 0.6 is 12.4 Å². The van der Waals surface area contributed by atoms with Gasteiger partial charge in [-0.1, -0.05) is 6.92 Å². The molecule has 1 aliphatic rings. The van der Waals surface area contributed by atoms with Crippen molar-refractivity contribution in [1.82, 2.24) is 10.6 Å². The van der Waals surface area contributed by atoms with Crippen LogP contribution in [0.3, 0.4) is 0 Å². The van der Waals surface area contributed by atoms with Crippen molar-refractivity contribution in [2.45, 2.75) is 32.7 Å². The van der Waals surface area contributed by atoms with E-state index in [0.717, 1.165) is 32.6 Å². The Balaban J connectivity index is 0.00000225. The Morgan fingerprint density at radius 3 is 2.62 bits per heavy atom. The van der Waals surface area contributed by atoms with E-state index < -0.39 is 0 Å². The Kier molecular flexibility index (Phi) is 8.61. The molecule has 5 heteroatoms. The average Bonchev–Trinajstić information content (AvgIpc) is 2.27. The molecule has 0 aromatic heterocycles. The molecule has 0 aromatic rings. The highest BCUT2D eigenvalue weighted by atomic mass is 35.5. The molecule has 0 aliphatic carbocycles. The van der Waals surface area contributed by atoms with Crippen LogP contribution in [-0.2, 0) is 9.53 Å². The summed E-state index contributed by atoms with van der Waals surface area (Å²) in [6.45, 7) is 7.24. The van der Waals surface area contributed by atoms with Crippen LogP contribution in [0, 0.1) is 5.92 Å². The fraction of sp³-hybridized carbons (Fsp3) is 0.909. The summed E-state index contributed by atoms with van der Waals surface area (Å²) >= 11 is 0. The average molecular weight is 251 g/mol. The lowest BCUT2D eigenvalue weighted by Crippen LogP contribution is -2.42. The van der Waals surface area contributed by atoms with Crippen LogP contribution < -0.4 is 10.6 Å². The number of ether oxygens (including phenoxy) is 1. The zero-order valence-corrected chi connectivity index (χ0v) is 10.9. The summed E-state index contributed by atoms with van der Waals surface area (Å²) in [4.78, 5) is 11.7. The number of carbonyl (C=O) groups excluding carboxylic acids is 1. The first-order valence-electron chi connectivity index (χ1n) is 5.83. The highest BCUT2D eigenvalue weighted by Crippen LogP contribution is 2.14. The number of rotatable bonds is 5. The Labute approximate surface area is 104 Å². The summed E-state index contributed by atoms with van der Waals surface area (Å²) in [5.74, 6) is 0.343. The van der Waals surface area contributed by atoms with Crippen molar-refractivity contribution < 1.29 is 9.53 Å². The van der Waals surface area contributed by atoms with Gasteiger partial charge in [-0.25, -0.2) is 0 Å². The maximum atomic E-state index is 11.7. The molecule has 1 heterocycles. The summed E-state index contributed by atoms with van der Waals surface area (Å²) in [7, 11) is 0. The maximum Gasteiger partial charge on any atom is 0.223 e. The van der Waals surface area contributed by atoms with Gasteiger partial charge in [-0.05, 0) is 26.3 Å².